The summed E-state index contributed by atoms with van der Waals surface area (Å²) in [6, 6.07) is 3.07. The third-order valence-corrected chi connectivity index (χ3v) is 6.82. The van der Waals surface area contributed by atoms with E-state index in [0.29, 0.717) is 30.2 Å². The van der Waals surface area contributed by atoms with Gasteiger partial charge in [-0.3, -0.25) is 0 Å². The minimum atomic E-state index is -4.36. The van der Waals surface area contributed by atoms with Crippen LogP contribution in [0, 0.1) is 5.82 Å². The number of hydrogen-bond donors (Lipinski definition) is 2. The van der Waals surface area contributed by atoms with Gasteiger partial charge in [-0.15, -0.1) is 0 Å². The summed E-state index contributed by atoms with van der Waals surface area (Å²) >= 11 is 0. The summed E-state index contributed by atoms with van der Waals surface area (Å²) in [6.07, 6.45) is -1.93. The number of piperazine rings is 1. The normalized spacial score (nSPS) is 18.4. The van der Waals surface area contributed by atoms with Gasteiger partial charge in [0.1, 0.15) is 12.1 Å². The van der Waals surface area contributed by atoms with Crippen LogP contribution in [0.5, 0.6) is 5.75 Å². The smallest absolute Gasteiger partial charge is 0.412 e. The minimum Gasteiger partial charge on any atom is -0.488 e. The molecular weight excluding hydrogens is 512 g/mol. The van der Waals surface area contributed by atoms with E-state index >= 15 is 0 Å². The first-order chi connectivity index (χ1) is 18.1. The maximum atomic E-state index is 14.4. The number of aromatic nitrogens is 2. The molecule has 3 atom stereocenters. The largest absolute Gasteiger partial charge is 0.488 e. The molecule has 3 rings (SSSR count). The summed E-state index contributed by atoms with van der Waals surface area (Å²) in [4.78, 5) is 12.9. The highest BCUT2D eigenvalue weighted by Gasteiger charge is 2.35. The molecule has 4 N–H and O–H groups in total. The van der Waals surface area contributed by atoms with Crippen molar-refractivity contribution in [1.29, 1.82) is 0 Å². The summed E-state index contributed by atoms with van der Waals surface area (Å²) in [5.74, 6) is 0.104. The van der Waals surface area contributed by atoms with Gasteiger partial charge in [0.2, 0.25) is 0 Å². The number of allylic oxidation sites excluding steroid dienone is 2. The van der Waals surface area contributed by atoms with Gasteiger partial charge in [-0.1, -0.05) is 11.6 Å². The number of nitrogens with zero attached hydrogens (tertiary/aromatic N) is 4. The topological polar surface area (TPSA) is 93.5 Å². The Kier molecular flexibility index (Phi) is 9.15. The summed E-state index contributed by atoms with van der Waals surface area (Å²) in [5, 5.41) is 0. The maximum absolute atomic E-state index is 14.4. The highest BCUT2D eigenvalue weighted by Crippen LogP contribution is 2.34. The lowest BCUT2D eigenvalue weighted by Gasteiger charge is -2.46. The second-order valence-corrected chi connectivity index (χ2v) is 10.4. The highest BCUT2D eigenvalue weighted by atomic mass is 19.4. The average molecular weight is 551 g/mol. The molecule has 3 unspecified atom stereocenters. The summed E-state index contributed by atoms with van der Waals surface area (Å²) in [5.41, 5.74) is 15.1. The molecule has 1 aromatic carbocycles. The van der Waals surface area contributed by atoms with Crippen LogP contribution in [-0.2, 0) is 0 Å². The number of alkyl halides is 3. The zero-order valence-electron chi connectivity index (χ0n) is 23.5. The van der Waals surface area contributed by atoms with E-state index in [1.165, 1.54) is 24.5 Å². The third kappa shape index (κ3) is 6.81. The molecule has 1 aliphatic rings. The van der Waals surface area contributed by atoms with Crippen molar-refractivity contribution in [3.63, 3.8) is 0 Å². The van der Waals surface area contributed by atoms with Crippen molar-refractivity contribution in [2.45, 2.75) is 78.9 Å². The fourth-order valence-corrected chi connectivity index (χ4v) is 4.95. The van der Waals surface area contributed by atoms with Gasteiger partial charge in [0.25, 0.3) is 0 Å². The van der Waals surface area contributed by atoms with E-state index in [1.54, 1.807) is 26.8 Å². The fourth-order valence-electron chi connectivity index (χ4n) is 4.95. The van der Waals surface area contributed by atoms with Crippen LogP contribution in [0.2, 0.25) is 0 Å². The lowest BCUT2D eigenvalue weighted by Crippen LogP contribution is -2.53. The standard InChI is InChI=1S/C28H38F4N6O/c1-15(2)27-19(7)38(9-8-37(27)18(6)10-17(5)28(30,31)32)25-13-23(35-14-36-25)26(34)20-11-24(39-16(3)4)21(29)12-22(20)33/h10-14,16,18-19,26H,8-9,33-34H2,1-7H3. The predicted molar refractivity (Wildman–Crippen MR) is 146 cm³/mol. The maximum Gasteiger partial charge on any atom is 0.412 e. The molecule has 7 nitrogen and oxygen atoms in total. The Morgan fingerprint density at radius 3 is 2.36 bits per heavy atom. The van der Waals surface area contributed by atoms with Crippen molar-refractivity contribution in [2.75, 3.05) is 23.7 Å². The molecule has 2 heterocycles. The molecule has 1 fully saturated rings. The lowest BCUT2D eigenvalue weighted by atomic mass is 10.00. The van der Waals surface area contributed by atoms with Gasteiger partial charge in [0, 0.05) is 53.8 Å². The SMILES string of the molecule is CC(=CC(C)N1CCN(c2cc(C(N)c3cc(OC(C)C)c(F)cc3N)ncn2)C(C)C1=C(C)C)C(F)(F)F. The van der Waals surface area contributed by atoms with Crippen LogP contribution in [0.3, 0.4) is 0 Å². The molecule has 1 aromatic heterocycles. The van der Waals surface area contributed by atoms with Crippen molar-refractivity contribution in [1.82, 2.24) is 14.9 Å². The van der Waals surface area contributed by atoms with Crippen molar-refractivity contribution < 1.29 is 22.3 Å². The molecule has 214 valence electrons. The highest BCUT2D eigenvalue weighted by molar-refractivity contribution is 5.55. The fraction of sp³-hybridized carbons (Fsp3) is 0.500. The molecule has 39 heavy (non-hydrogen) atoms. The summed E-state index contributed by atoms with van der Waals surface area (Å²) in [6.45, 7) is 13.4. The van der Waals surface area contributed by atoms with E-state index in [0.717, 1.165) is 18.2 Å². The zero-order valence-corrected chi connectivity index (χ0v) is 23.5. The molecule has 1 aliphatic heterocycles. The van der Waals surface area contributed by atoms with Gasteiger partial charge in [-0.25, -0.2) is 14.4 Å². The number of halogens is 4. The van der Waals surface area contributed by atoms with Gasteiger partial charge in [-0.2, -0.15) is 13.2 Å². The van der Waals surface area contributed by atoms with Crippen LogP contribution in [0.25, 0.3) is 0 Å². The second-order valence-electron chi connectivity index (χ2n) is 10.4. The van der Waals surface area contributed by atoms with Crippen molar-refractivity contribution in [3.8, 4) is 5.75 Å². The van der Waals surface area contributed by atoms with Crippen molar-refractivity contribution in [2.24, 2.45) is 5.73 Å². The van der Waals surface area contributed by atoms with Gasteiger partial charge in [0.05, 0.1) is 23.9 Å². The monoisotopic (exact) mass is 550 g/mol. The lowest BCUT2D eigenvalue weighted by molar-refractivity contribution is -0.0918. The van der Waals surface area contributed by atoms with Gasteiger partial charge in [0.15, 0.2) is 11.6 Å². The van der Waals surface area contributed by atoms with Crippen LogP contribution in [0.1, 0.15) is 65.8 Å². The third-order valence-electron chi connectivity index (χ3n) is 6.82. The Bertz CT molecular complexity index is 1240. The van der Waals surface area contributed by atoms with E-state index in [4.69, 9.17) is 16.2 Å². The number of hydrogen-bond acceptors (Lipinski definition) is 7. The summed E-state index contributed by atoms with van der Waals surface area (Å²) < 4.78 is 59.5. The van der Waals surface area contributed by atoms with Gasteiger partial charge in [-0.05, 0) is 54.5 Å². The Morgan fingerprint density at radius 1 is 1.10 bits per heavy atom. The van der Waals surface area contributed by atoms with E-state index in [-0.39, 0.29) is 23.6 Å². The van der Waals surface area contributed by atoms with Crippen molar-refractivity contribution >= 4 is 11.5 Å². The first kappa shape index (κ1) is 30.2. The zero-order chi connectivity index (χ0) is 29.2. The molecule has 0 amide bonds. The number of nitrogens with two attached hydrogens (primary N) is 2. The number of ether oxygens (including phenoxy) is 1. The van der Waals surface area contributed by atoms with Crippen LogP contribution in [-0.4, -0.2) is 52.3 Å². The number of anilines is 2. The molecule has 0 aliphatic carbocycles. The van der Waals surface area contributed by atoms with Crippen LogP contribution >= 0.6 is 0 Å². The van der Waals surface area contributed by atoms with Gasteiger partial charge >= 0.3 is 6.18 Å². The van der Waals surface area contributed by atoms with E-state index in [9.17, 15) is 17.6 Å². The van der Waals surface area contributed by atoms with Gasteiger partial charge < -0.3 is 26.0 Å². The quantitative estimate of drug-likeness (QED) is 0.258. The Hall–Kier alpha value is -3.34. The second kappa shape index (κ2) is 11.8. The summed E-state index contributed by atoms with van der Waals surface area (Å²) in [7, 11) is 0. The number of nitrogen functional groups attached to an aromatic ring is 1. The molecule has 0 saturated carbocycles. The molecule has 2 aromatic rings. The Morgan fingerprint density at radius 2 is 1.77 bits per heavy atom. The van der Waals surface area contributed by atoms with E-state index in [1.807, 2.05) is 25.7 Å². The van der Waals surface area contributed by atoms with Crippen LogP contribution in [0.4, 0.5) is 29.1 Å². The number of rotatable bonds is 7. The molecule has 0 bridgehead atoms. The first-order valence-corrected chi connectivity index (χ1v) is 12.9. The molecular formula is C28H38F4N6O. The van der Waals surface area contributed by atoms with E-state index < -0.39 is 29.7 Å². The van der Waals surface area contributed by atoms with Crippen LogP contribution in [0.15, 0.2) is 47.4 Å². The average Bonchev–Trinajstić information content (AvgIpc) is 2.84. The Balaban J connectivity index is 1.91. The predicted octanol–water partition coefficient (Wildman–Crippen LogP) is 5.73. The molecule has 0 spiro atoms. The molecule has 1 saturated heterocycles. The molecule has 11 heteroatoms. The van der Waals surface area contributed by atoms with E-state index in [2.05, 4.69) is 14.9 Å². The van der Waals surface area contributed by atoms with Crippen molar-refractivity contribution in [3.05, 3.63) is 64.5 Å². The minimum absolute atomic E-state index is 0.0563. The Labute approximate surface area is 227 Å². The number of benzene rings is 1. The molecule has 0 radical (unpaired) electrons. The first-order valence-electron chi connectivity index (χ1n) is 12.9. The van der Waals surface area contributed by atoms with Crippen LogP contribution < -0.4 is 21.1 Å².